The van der Waals surface area contributed by atoms with Crippen LogP contribution in [0, 0.1) is 5.82 Å². The second-order valence-corrected chi connectivity index (χ2v) is 3.84. The highest BCUT2D eigenvalue weighted by Crippen LogP contribution is 2.25. The Hall–Kier alpha value is -0.800. The molecule has 0 aliphatic carbocycles. The molecule has 0 saturated heterocycles. The van der Waals surface area contributed by atoms with Gasteiger partial charge < -0.3 is 9.64 Å². The number of benzene rings is 1. The minimum absolute atomic E-state index is 0.0204. The van der Waals surface area contributed by atoms with Crippen molar-refractivity contribution in [2.45, 2.75) is 6.04 Å². The number of methoxy groups -OCH3 is 1. The van der Waals surface area contributed by atoms with E-state index in [1.165, 1.54) is 13.2 Å². The molecule has 0 heterocycles. The molecule has 1 atom stereocenters. The summed E-state index contributed by atoms with van der Waals surface area (Å²) in [6.07, 6.45) is 0. The molecule has 0 bridgehead atoms. The van der Waals surface area contributed by atoms with E-state index in [0.29, 0.717) is 5.88 Å². The summed E-state index contributed by atoms with van der Waals surface area (Å²) in [7, 11) is 5.27. The van der Waals surface area contributed by atoms with Gasteiger partial charge in [-0.2, -0.15) is 0 Å². The summed E-state index contributed by atoms with van der Waals surface area (Å²) in [6, 6.07) is 4.93. The third-order valence-corrected chi connectivity index (χ3v) is 2.62. The van der Waals surface area contributed by atoms with Crippen LogP contribution in [0.4, 0.5) is 4.39 Å². The summed E-state index contributed by atoms with van der Waals surface area (Å²) in [5, 5.41) is 0. The van der Waals surface area contributed by atoms with Gasteiger partial charge in [-0.1, -0.05) is 6.07 Å². The largest absolute Gasteiger partial charge is 0.494 e. The zero-order valence-electron chi connectivity index (χ0n) is 9.13. The van der Waals surface area contributed by atoms with E-state index < -0.39 is 0 Å². The maximum atomic E-state index is 13.4. The fourth-order valence-electron chi connectivity index (χ4n) is 1.42. The summed E-state index contributed by atoms with van der Waals surface area (Å²) >= 11 is 5.83. The van der Waals surface area contributed by atoms with Crippen LogP contribution in [0.3, 0.4) is 0 Å². The SMILES string of the molecule is COc1ccc(C(CCl)N(C)C)cc1F. The lowest BCUT2D eigenvalue weighted by Crippen LogP contribution is -2.21. The van der Waals surface area contributed by atoms with Crippen LogP contribution in [-0.2, 0) is 0 Å². The fourth-order valence-corrected chi connectivity index (χ4v) is 1.87. The number of nitrogens with zero attached hydrogens (tertiary/aromatic N) is 1. The monoisotopic (exact) mass is 231 g/mol. The molecular weight excluding hydrogens is 217 g/mol. The summed E-state index contributed by atoms with van der Waals surface area (Å²) in [4.78, 5) is 1.95. The number of hydrogen-bond donors (Lipinski definition) is 0. The van der Waals surface area contributed by atoms with Crippen molar-refractivity contribution in [3.05, 3.63) is 29.6 Å². The average molecular weight is 232 g/mol. The van der Waals surface area contributed by atoms with E-state index in [-0.39, 0.29) is 17.6 Å². The van der Waals surface area contributed by atoms with Crippen molar-refractivity contribution < 1.29 is 9.13 Å². The smallest absolute Gasteiger partial charge is 0.165 e. The summed E-state index contributed by atoms with van der Waals surface area (Å²) in [5.74, 6) is 0.330. The number of hydrogen-bond acceptors (Lipinski definition) is 2. The van der Waals surface area contributed by atoms with Crippen LogP contribution in [0.25, 0.3) is 0 Å². The average Bonchev–Trinajstić information content (AvgIpc) is 2.18. The highest BCUT2D eigenvalue weighted by Gasteiger charge is 2.14. The molecule has 1 aromatic rings. The fraction of sp³-hybridized carbons (Fsp3) is 0.455. The summed E-state index contributed by atoms with van der Waals surface area (Å²) in [6.45, 7) is 0. The molecule has 0 radical (unpaired) electrons. The van der Waals surface area contributed by atoms with Gasteiger partial charge in [-0.05, 0) is 31.8 Å². The van der Waals surface area contributed by atoms with Crippen LogP contribution in [0.1, 0.15) is 11.6 Å². The Balaban J connectivity index is 3.00. The van der Waals surface area contributed by atoms with Crippen LogP contribution >= 0.6 is 11.6 Å². The van der Waals surface area contributed by atoms with E-state index in [9.17, 15) is 4.39 Å². The molecule has 1 unspecified atom stereocenters. The first-order valence-electron chi connectivity index (χ1n) is 4.66. The van der Waals surface area contributed by atoms with Crippen LogP contribution in [0.5, 0.6) is 5.75 Å². The number of alkyl halides is 1. The topological polar surface area (TPSA) is 12.5 Å². The molecule has 0 fully saturated rings. The normalized spacial score (nSPS) is 12.9. The maximum absolute atomic E-state index is 13.4. The van der Waals surface area contributed by atoms with Crippen molar-refractivity contribution >= 4 is 11.6 Å². The Morgan fingerprint density at radius 1 is 1.47 bits per heavy atom. The van der Waals surface area contributed by atoms with Gasteiger partial charge in [-0.3, -0.25) is 0 Å². The van der Waals surface area contributed by atoms with E-state index in [1.807, 2.05) is 25.1 Å². The van der Waals surface area contributed by atoms with Crippen LogP contribution < -0.4 is 4.74 Å². The highest BCUT2D eigenvalue weighted by molar-refractivity contribution is 6.18. The molecule has 1 rings (SSSR count). The van der Waals surface area contributed by atoms with Gasteiger partial charge >= 0.3 is 0 Å². The third kappa shape index (κ3) is 2.83. The van der Waals surface area contributed by atoms with Gasteiger partial charge in [-0.25, -0.2) is 4.39 Å². The molecule has 0 N–H and O–H groups in total. The molecule has 0 aromatic heterocycles. The van der Waals surface area contributed by atoms with Crippen LogP contribution in [0.15, 0.2) is 18.2 Å². The van der Waals surface area contributed by atoms with Crippen molar-refractivity contribution in [1.82, 2.24) is 4.90 Å². The zero-order chi connectivity index (χ0) is 11.4. The number of ether oxygens (including phenoxy) is 1. The predicted molar refractivity (Wildman–Crippen MR) is 60.1 cm³/mol. The highest BCUT2D eigenvalue weighted by atomic mass is 35.5. The van der Waals surface area contributed by atoms with E-state index in [1.54, 1.807) is 6.07 Å². The Bertz CT molecular complexity index is 330. The Morgan fingerprint density at radius 3 is 2.53 bits per heavy atom. The van der Waals surface area contributed by atoms with Gasteiger partial charge in [0.15, 0.2) is 11.6 Å². The Morgan fingerprint density at radius 2 is 2.13 bits per heavy atom. The standard InChI is InChI=1S/C11H15ClFNO/c1-14(2)10(7-12)8-4-5-11(15-3)9(13)6-8/h4-6,10H,7H2,1-3H3. The Kier molecular flexibility index (Phi) is 4.36. The van der Waals surface area contributed by atoms with Crippen molar-refractivity contribution in [3.8, 4) is 5.75 Å². The first kappa shape index (κ1) is 12.3. The second kappa shape index (κ2) is 5.33. The maximum Gasteiger partial charge on any atom is 0.165 e. The number of rotatable bonds is 4. The zero-order valence-corrected chi connectivity index (χ0v) is 9.88. The lowest BCUT2D eigenvalue weighted by atomic mass is 10.1. The first-order chi connectivity index (χ1) is 7.10. The van der Waals surface area contributed by atoms with Gasteiger partial charge in [0.1, 0.15) is 0 Å². The van der Waals surface area contributed by atoms with Gasteiger partial charge in [0.25, 0.3) is 0 Å². The minimum atomic E-state index is -0.355. The van der Waals surface area contributed by atoms with Gasteiger partial charge in [0.05, 0.1) is 7.11 Å². The van der Waals surface area contributed by atoms with E-state index in [2.05, 4.69) is 0 Å². The number of halogens is 2. The summed E-state index contributed by atoms with van der Waals surface area (Å²) < 4.78 is 18.3. The van der Waals surface area contributed by atoms with Crippen molar-refractivity contribution in [2.24, 2.45) is 0 Å². The Labute approximate surface area is 94.6 Å². The van der Waals surface area contributed by atoms with E-state index >= 15 is 0 Å². The molecule has 0 spiro atoms. The molecule has 2 nitrogen and oxygen atoms in total. The predicted octanol–water partition coefficient (Wildman–Crippen LogP) is 2.68. The quantitative estimate of drug-likeness (QED) is 0.739. The molecule has 0 amide bonds. The lowest BCUT2D eigenvalue weighted by molar-refractivity contribution is 0.322. The molecule has 0 aliphatic rings. The van der Waals surface area contributed by atoms with Gasteiger partial charge in [-0.15, -0.1) is 11.6 Å². The molecule has 15 heavy (non-hydrogen) atoms. The van der Waals surface area contributed by atoms with Crippen LogP contribution in [0.2, 0.25) is 0 Å². The van der Waals surface area contributed by atoms with Crippen molar-refractivity contribution in [1.29, 1.82) is 0 Å². The van der Waals surface area contributed by atoms with Crippen LogP contribution in [-0.4, -0.2) is 32.0 Å². The molecule has 84 valence electrons. The third-order valence-electron chi connectivity index (χ3n) is 2.33. The second-order valence-electron chi connectivity index (χ2n) is 3.53. The van der Waals surface area contributed by atoms with E-state index in [4.69, 9.17) is 16.3 Å². The molecular formula is C11H15ClFNO. The molecule has 0 aliphatic heterocycles. The van der Waals surface area contributed by atoms with Gasteiger partial charge in [0.2, 0.25) is 0 Å². The van der Waals surface area contributed by atoms with Gasteiger partial charge in [0, 0.05) is 11.9 Å². The van der Waals surface area contributed by atoms with Crippen molar-refractivity contribution in [2.75, 3.05) is 27.1 Å². The molecule has 0 saturated carbocycles. The molecule has 1 aromatic carbocycles. The lowest BCUT2D eigenvalue weighted by Gasteiger charge is -2.22. The summed E-state index contributed by atoms with van der Waals surface area (Å²) in [5.41, 5.74) is 0.855. The molecule has 4 heteroatoms. The first-order valence-corrected chi connectivity index (χ1v) is 5.19. The minimum Gasteiger partial charge on any atom is -0.494 e. The van der Waals surface area contributed by atoms with E-state index in [0.717, 1.165) is 5.56 Å². The van der Waals surface area contributed by atoms with Crippen molar-refractivity contribution in [3.63, 3.8) is 0 Å².